The molecular formula is C11H13F3N2O. The van der Waals surface area contributed by atoms with Crippen LogP contribution in [-0.2, 0) is 12.8 Å². The first-order valence-electron chi connectivity index (χ1n) is 5.29. The second-order valence-electron chi connectivity index (χ2n) is 5.00. The van der Waals surface area contributed by atoms with Crippen LogP contribution in [0.15, 0.2) is 6.20 Å². The summed E-state index contributed by atoms with van der Waals surface area (Å²) < 4.78 is 38.1. The summed E-state index contributed by atoms with van der Waals surface area (Å²) in [6.07, 6.45) is -2.68. The van der Waals surface area contributed by atoms with Crippen molar-refractivity contribution < 1.29 is 18.3 Å². The maximum absolute atomic E-state index is 12.7. The van der Waals surface area contributed by atoms with Gasteiger partial charge in [-0.05, 0) is 11.8 Å². The molecule has 3 nitrogen and oxygen atoms in total. The predicted molar refractivity (Wildman–Crippen MR) is 54.1 cm³/mol. The minimum Gasteiger partial charge on any atom is -0.392 e. The third kappa shape index (κ3) is 2.26. The molecule has 0 bridgehead atoms. The molecule has 0 spiro atoms. The van der Waals surface area contributed by atoms with Gasteiger partial charge >= 0.3 is 6.18 Å². The Morgan fingerprint density at radius 2 is 2.06 bits per heavy atom. The zero-order chi connectivity index (χ0) is 12.8. The molecule has 94 valence electrons. The number of nitrogens with zero attached hydrogens (tertiary/aromatic N) is 2. The zero-order valence-electron chi connectivity index (χ0n) is 9.54. The van der Waals surface area contributed by atoms with Crippen molar-refractivity contribution >= 4 is 0 Å². The summed E-state index contributed by atoms with van der Waals surface area (Å²) in [5.74, 6) is 0.205. The van der Waals surface area contributed by atoms with Crippen LogP contribution in [0.25, 0.3) is 0 Å². The van der Waals surface area contributed by atoms with Crippen molar-refractivity contribution in [2.45, 2.75) is 39.0 Å². The van der Waals surface area contributed by atoms with Gasteiger partial charge in [-0.1, -0.05) is 13.8 Å². The third-order valence-corrected chi connectivity index (χ3v) is 3.15. The molecule has 1 fully saturated rings. The Hall–Kier alpha value is -1.17. The van der Waals surface area contributed by atoms with Gasteiger partial charge in [-0.15, -0.1) is 0 Å². The Morgan fingerprint density at radius 1 is 1.47 bits per heavy atom. The van der Waals surface area contributed by atoms with E-state index in [4.69, 9.17) is 5.11 Å². The number of hydrogen-bond acceptors (Lipinski definition) is 3. The van der Waals surface area contributed by atoms with Crippen molar-refractivity contribution in [3.63, 3.8) is 0 Å². The number of rotatable bonds is 2. The van der Waals surface area contributed by atoms with E-state index in [1.54, 1.807) is 0 Å². The SMILES string of the molecule is CC1(C)CC1c1ncc(CO)c(C(F)(F)F)n1. The molecule has 2 rings (SSSR count). The lowest BCUT2D eigenvalue weighted by Gasteiger charge is -2.11. The first-order valence-corrected chi connectivity index (χ1v) is 5.29. The molecule has 1 unspecified atom stereocenters. The van der Waals surface area contributed by atoms with E-state index in [0.717, 1.165) is 12.6 Å². The largest absolute Gasteiger partial charge is 0.433 e. The topological polar surface area (TPSA) is 46.0 Å². The van der Waals surface area contributed by atoms with Crippen LogP contribution < -0.4 is 0 Å². The van der Waals surface area contributed by atoms with Crippen LogP contribution in [0.5, 0.6) is 0 Å². The number of halogens is 3. The lowest BCUT2D eigenvalue weighted by molar-refractivity contribution is -0.142. The highest BCUT2D eigenvalue weighted by molar-refractivity contribution is 5.24. The van der Waals surface area contributed by atoms with Gasteiger partial charge in [-0.2, -0.15) is 13.2 Å². The summed E-state index contributed by atoms with van der Waals surface area (Å²) in [5.41, 5.74) is -1.32. The Kier molecular flexibility index (Phi) is 2.65. The summed E-state index contributed by atoms with van der Waals surface area (Å²) in [5, 5.41) is 8.85. The molecule has 0 amide bonds. The fourth-order valence-corrected chi connectivity index (χ4v) is 1.86. The number of aliphatic hydroxyl groups is 1. The van der Waals surface area contributed by atoms with E-state index >= 15 is 0 Å². The highest BCUT2D eigenvalue weighted by atomic mass is 19.4. The number of alkyl halides is 3. The number of aliphatic hydroxyl groups excluding tert-OH is 1. The third-order valence-electron chi connectivity index (χ3n) is 3.15. The molecule has 0 saturated heterocycles. The van der Waals surface area contributed by atoms with Gasteiger partial charge in [0.25, 0.3) is 0 Å². The van der Waals surface area contributed by atoms with Crippen molar-refractivity contribution in [1.29, 1.82) is 0 Å². The average molecular weight is 246 g/mol. The quantitative estimate of drug-likeness (QED) is 0.872. The first kappa shape index (κ1) is 12.3. The van der Waals surface area contributed by atoms with Crippen LogP contribution in [0.3, 0.4) is 0 Å². The molecule has 1 atom stereocenters. The molecule has 6 heteroatoms. The van der Waals surface area contributed by atoms with Gasteiger partial charge in [0.15, 0.2) is 5.69 Å². The number of hydrogen-bond donors (Lipinski definition) is 1. The molecule has 17 heavy (non-hydrogen) atoms. The summed E-state index contributed by atoms with van der Waals surface area (Å²) in [4.78, 5) is 7.49. The van der Waals surface area contributed by atoms with Gasteiger partial charge < -0.3 is 5.11 Å². The molecule has 0 aromatic carbocycles. The predicted octanol–water partition coefficient (Wildman–Crippen LogP) is 2.50. The van der Waals surface area contributed by atoms with Gasteiger partial charge in [0.2, 0.25) is 0 Å². The van der Waals surface area contributed by atoms with Crippen LogP contribution in [0.2, 0.25) is 0 Å². The van der Waals surface area contributed by atoms with E-state index in [1.165, 1.54) is 0 Å². The Bertz CT molecular complexity index is 443. The smallest absolute Gasteiger partial charge is 0.392 e. The highest BCUT2D eigenvalue weighted by Gasteiger charge is 2.49. The van der Waals surface area contributed by atoms with Gasteiger partial charge in [0.05, 0.1) is 6.61 Å². The van der Waals surface area contributed by atoms with Crippen molar-refractivity contribution in [2.24, 2.45) is 5.41 Å². The lowest BCUT2D eigenvalue weighted by Crippen LogP contribution is -2.15. The Balaban J connectivity index is 2.40. The van der Waals surface area contributed by atoms with Gasteiger partial charge in [-0.3, -0.25) is 0 Å². The highest BCUT2D eigenvalue weighted by Crippen LogP contribution is 2.57. The Morgan fingerprint density at radius 3 is 2.47 bits per heavy atom. The van der Waals surface area contributed by atoms with Crippen molar-refractivity contribution in [3.05, 3.63) is 23.3 Å². The fourth-order valence-electron chi connectivity index (χ4n) is 1.86. The average Bonchev–Trinajstić information content (AvgIpc) is 2.85. The summed E-state index contributed by atoms with van der Waals surface area (Å²) in [6.45, 7) is 3.23. The van der Waals surface area contributed by atoms with Crippen molar-refractivity contribution in [1.82, 2.24) is 9.97 Å². The van der Waals surface area contributed by atoms with Crippen LogP contribution in [-0.4, -0.2) is 15.1 Å². The molecule has 1 aromatic heterocycles. The lowest BCUT2D eigenvalue weighted by atomic mass is 10.1. The van der Waals surface area contributed by atoms with Crippen LogP contribution >= 0.6 is 0 Å². The summed E-state index contributed by atoms with van der Waals surface area (Å²) in [7, 11) is 0. The normalized spacial score (nSPS) is 22.6. The summed E-state index contributed by atoms with van der Waals surface area (Å²) >= 11 is 0. The molecule has 0 aliphatic heterocycles. The number of aromatic nitrogens is 2. The standard InChI is InChI=1S/C11H13F3N2O/c1-10(2)3-7(10)9-15-4-6(5-17)8(16-9)11(12,13)14/h4,7,17H,3,5H2,1-2H3. The molecule has 1 aliphatic rings. The molecule has 0 radical (unpaired) electrons. The zero-order valence-corrected chi connectivity index (χ0v) is 9.54. The van der Waals surface area contributed by atoms with Crippen LogP contribution in [0.4, 0.5) is 13.2 Å². The van der Waals surface area contributed by atoms with Crippen molar-refractivity contribution in [2.75, 3.05) is 0 Å². The van der Waals surface area contributed by atoms with E-state index in [2.05, 4.69) is 9.97 Å². The van der Waals surface area contributed by atoms with Crippen molar-refractivity contribution in [3.8, 4) is 0 Å². The van der Waals surface area contributed by atoms with Crippen LogP contribution in [0.1, 0.15) is 43.3 Å². The molecule has 1 heterocycles. The van der Waals surface area contributed by atoms with E-state index in [1.807, 2.05) is 13.8 Å². The van der Waals surface area contributed by atoms with Gasteiger partial charge in [0, 0.05) is 17.7 Å². The summed E-state index contributed by atoms with van der Waals surface area (Å²) in [6, 6.07) is 0. The minimum absolute atomic E-state index is 0.0173. The molecule has 1 saturated carbocycles. The minimum atomic E-state index is -4.55. The first-order chi connectivity index (χ1) is 7.75. The molecule has 1 aliphatic carbocycles. The maximum Gasteiger partial charge on any atom is 0.433 e. The fraction of sp³-hybridized carbons (Fsp3) is 0.636. The monoisotopic (exact) mass is 246 g/mol. The molecule has 1 N–H and O–H groups in total. The van der Waals surface area contributed by atoms with Gasteiger partial charge in [0.1, 0.15) is 5.82 Å². The van der Waals surface area contributed by atoms with E-state index in [-0.39, 0.29) is 22.7 Å². The van der Waals surface area contributed by atoms with Gasteiger partial charge in [-0.25, -0.2) is 9.97 Å². The van der Waals surface area contributed by atoms with Crippen LogP contribution in [0, 0.1) is 5.41 Å². The van der Waals surface area contributed by atoms with E-state index in [9.17, 15) is 13.2 Å². The van der Waals surface area contributed by atoms with E-state index in [0.29, 0.717) is 0 Å². The molecule has 1 aromatic rings. The molecular weight excluding hydrogens is 233 g/mol. The second kappa shape index (κ2) is 3.66. The Labute approximate surface area is 96.7 Å². The maximum atomic E-state index is 12.7. The second-order valence-corrected chi connectivity index (χ2v) is 5.00. The van der Waals surface area contributed by atoms with E-state index < -0.39 is 18.5 Å².